The minimum absolute atomic E-state index is 0.550. The summed E-state index contributed by atoms with van der Waals surface area (Å²) in [7, 11) is 0. The van der Waals surface area contributed by atoms with Crippen LogP contribution in [0.4, 0.5) is 0 Å². The molecule has 1 atom stereocenters. The minimum atomic E-state index is 0.550. The van der Waals surface area contributed by atoms with Gasteiger partial charge in [0.05, 0.1) is 5.52 Å². The van der Waals surface area contributed by atoms with Gasteiger partial charge in [0.2, 0.25) is 0 Å². The zero-order chi connectivity index (χ0) is 13.6. The first kappa shape index (κ1) is 12.2. The zero-order valence-electron chi connectivity index (χ0n) is 12.0. The molecule has 96 valence electrons. The lowest BCUT2D eigenvalue weighted by molar-refractivity contribution is 0.818. The van der Waals surface area contributed by atoms with Crippen LogP contribution >= 0.6 is 0 Å². The van der Waals surface area contributed by atoms with E-state index >= 15 is 0 Å². The van der Waals surface area contributed by atoms with Crippen LogP contribution in [0.15, 0.2) is 53.2 Å². The number of pyridine rings is 1. The van der Waals surface area contributed by atoms with E-state index < -0.39 is 0 Å². The van der Waals surface area contributed by atoms with Crippen LogP contribution in [0.3, 0.4) is 0 Å². The maximum Gasteiger partial charge on any atom is 0.0780 e. The van der Waals surface area contributed by atoms with Gasteiger partial charge in [-0.2, -0.15) is 0 Å². The number of hydrogen-bond acceptors (Lipinski definition) is 1. The number of allylic oxidation sites excluding steroid dienone is 4. The molecule has 0 saturated heterocycles. The fraction of sp³-hybridized carbons (Fsp3) is 0.278. The molecule has 0 aliphatic heterocycles. The predicted molar refractivity (Wildman–Crippen MR) is 81.9 cm³/mol. The molecule has 1 aromatic carbocycles. The molecular weight excluding hydrogens is 230 g/mol. The molecule has 0 spiro atoms. The highest BCUT2D eigenvalue weighted by molar-refractivity contribution is 5.97. The van der Waals surface area contributed by atoms with Gasteiger partial charge in [0.25, 0.3) is 0 Å². The number of benzene rings is 1. The van der Waals surface area contributed by atoms with Crippen molar-refractivity contribution in [3.05, 3.63) is 58.8 Å². The molecule has 0 radical (unpaired) electrons. The number of aromatic nitrogens is 1. The molecule has 1 heterocycles. The largest absolute Gasteiger partial charge is 0.256 e. The summed E-state index contributed by atoms with van der Waals surface area (Å²) in [5.41, 5.74) is 8.16. The normalized spacial score (nSPS) is 19.7. The van der Waals surface area contributed by atoms with E-state index in [4.69, 9.17) is 0 Å². The Kier molecular flexibility index (Phi) is 2.78. The Morgan fingerprint density at radius 1 is 0.947 bits per heavy atom. The molecule has 1 aliphatic rings. The van der Waals surface area contributed by atoms with Gasteiger partial charge in [0.1, 0.15) is 0 Å². The fourth-order valence-corrected chi connectivity index (χ4v) is 3.08. The van der Waals surface area contributed by atoms with Crippen molar-refractivity contribution < 1.29 is 0 Å². The molecule has 3 rings (SSSR count). The van der Waals surface area contributed by atoms with Crippen molar-refractivity contribution in [2.75, 3.05) is 0 Å². The van der Waals surface area contributed by atoms with Gasteiger partial charge < -0.3 is 0 Å². The summed E-state index contributed by atoms with van der Waals surface area (Å²) in [5, 5.41) is 1.21. The van der Waals surface area contributed by atoms with Crippen molar-refractivity contribution in [3.63, 3.8) is 0 Å². The van der Waals surface area contributed by atoms with E-state index in [-0.39, 0.29) is 0 Å². The van der Waals surface area contributed by atoms with Gasteiger partial charge in [-0.15, -0.1) is 0 Å². The van der Waals surface area contributed by atoms with Crippen LogP contribution in [0.25, 0.3) is 16.5 Å². The van der Waals surface area contributed by atoms with Crippen molar-refractivity contribution in [1.82, 2.24) is 4.98 Å². The third kappa shape index (κ3) is 1.73. The highest BCUT2D eigenvalue weighted by Crippen LogP contribution is 2.43. The summed E-state index contributed by atoms with van der Waals surface area (Å²) in [4.78, 5) is 4.59. The van der Waals surface area contributed by atoms with Gasteiger partial charge in [-0.3, -0.25) is 4.98 Å². The van der Waals surface area contributed by atoms with Crippen LogP contribution in [0.1, 0.15) is 33.3 Å². The van der Waals surface area contributed by atoms with Crippen molar-refractivity contribution in [2.45, 2.75) is 27.7 Å². The standard InChI is InChI=1S/C18H19N/c1-11-12(2)14(4)17(13(11)3)16-9-5-7-15-8-6-10-19-18(15)16/h5-11H,1-4H3. The molecule has 0 bridgehead atoms. The van der Waals surface area contributed by atoms with Gasteiger partial charge in [-0.05, 0) is 43.9 Å². The third-order valence-corrected chi connectivity index (χ3v) is 4.56. The van der Waals surface area contributed by atoms with Crippen LogP contribution in [-0.4, -0.2) is 4.98 Å². The summed E-state index contributed by atoms with van der Waals surface area (Å²) >= 11 is 0. The van der Waals surface area contributed by atoms with Crippen molar-refractivity contribution >= 4 is 16.5 Å². The van der Waals surface area contributed by atoms with E-state index in [0.717, 1.165) is 5.52 Å². The highest BCUT2D eigenvalue weighted by atomic mass is 14.7. The van der Waals surface area contributed by atoms with Crippen LogP contribution < -0.4 is 0 Å². The monoisotopic (exact) mass is 249 g/mol. The van der Waals surface area contributed by atoms with Crippen LogP contribution in [0, 0.1) is 5.92 Å². The quantitative estimate of drug-likeness (QED) is 0.693. The Hall–Kier alpha value is -1.89. The molecular formula is C18H19N. The van der Waals surface area contributed by atoms with Crippen molar-refractivity contribution in [1.29, 1.82) is 0 Å². The summed E-state index contributed by atoms with van der Waals surface area (Å²) in [6.07, 6.45) is 1.88. The Labute approximate surface area is 114 Å². The topological polar surface area (TPSA) is 12.9 Å². The average Bonchev–Trinajstić information content (AvgIpc) is 2.63. The summed E-state index contributed by atoms with van der Waals surface area (Å²) < 4.78 is 0. The first-order chi connectivity index (χ1) is 9.11. The average molecular weight is 249 g/mol. The molecule has 1 unspecified atom stereocenters. The van der Waals surface area contributed by atoms with Gasteiger partial charge in [-0.1, -0.05) is 42.3 Å². The van der Waals surface area contributed by atoms with Crippen molar-refractivity contribution in [2.24, 2.45) is 5.92 Å². The lowest BCUT2D eigenvalue weighted by Crippen LogP contribution is -1.93. The van der Waals surface area contributed by atoms with E-state index in [1.165, 1.54) is 33.2 Å². The SMILES string of the molecule is CC1=C(C)C(C)C(C)=C1c1cccc2cccnc12. The fourth-order valence-electron chi connectivity index (χ4n) is 3.08. The number of hydrogen-bond donors (Lipinski definition) is 0. The predicted octanol–water partition coefficient (Wildman–Crippen LogP) is 4.99. The van der Waals surface area contributed by atoms with E-state index in [1.54, 1.807) is 0 Å². The van der Waals surface area contributed by atoms with Crippen molar-refractivity contribution in [3.8, 4) is 0 Å². The zero-order valence-corrected chi connectivity index (χ0v) is 12.0. The van der Waals surface area contributed by atoms with Gasteiger partial charge in [-0.25, -0.2) is 0 Å². The molecule has 0 N–H and O–H groups in total. The highest BCUT2D eigenvalue weighted by Gasteiger charge is 2.25. The van der Waals surface area contributed by atoms with Crippen LogP contribution in [0.2, 0.25) is 0 Å². The summed E-state index contributed by atoms with van der Waals surface area (Å²) in [6.45, 7) is 9.02. The number of fused-ring (bicyclic) bond motifs is 1. The number of nitrogens with zero attached hydrogens (tertiary/aromatic N) is 1. The van der Waals surface area contributed by atoms with Gasteiger partial charge in [0, 0.05) is 17.1 Å². The van der Waals surface area contributed by atoms with Crippen LogP contribution in [0.5, 0.6) is 0 Å². The minimum Gasteiger partial charge on any atom is -0.256 e. The Morgan fingerprint density at radius 3 is 2.37 bits per heavy atom. The molecule has 1 aliphatic carbocycles. The Bertz CT molecular complexity index is 714. The smallest absolute Gasteiger partial charge is 0.0780 e. The lowest BCUT2D eigenvalue weighted by Gasteiger charge is -2.11. The van der Waals surface area contributed by atoms with E-state index in [0.29, 0.717) is 5.92 Å². The maximum absolute atomic E-state index is 4.59. The first-order valence-corrected chi connectivity index (χ1v) is 6.84. The molecule has 0 amide bonds. The maximum atomic E-state index is 4.59. The second kappa shape index (κ2) is 4.34. The lowest BCUT2D eigenvalue weighted by atomic mass is 9.95. The third-order valence-electron chi connectivity index (χ3n) is 4.56. The van der Waals surface area contributed by atoms with E-state index in [1.807, 2.05) is 12.3 Å². The van der Waals surface area contributed by atoms with Gasteiger partial charge >= 0.3 is 0 Å². The van der Waals surface area contributed by atoms with E-state index in [9.17, 15) is 0 Å². The molecule has 2 aromatic rings. The number of para-hydroxylation sites is 1. The van der Waals surface area contributed by atoms with Crippen LogP contribution in [-0.2, 0) is 0 Å². The van der Waals surface area contributed by atoms with E-state index in [2.05, 4.69) is 56.9 Å². The molecule has 19 heavy (non-hydrogen) atoms. The molecule has 0 saturated carbocycles. The summed E-state index contributed by atoms with van der Waals surface area (Å²) in [6, 6.07) is 10.6. The first-order valence-electron chi connectivity index (χ1n) is 6.84. The molecule has 0 fully saturated rings. The second-order valence-electron chi connectivity index (χ2n) is 5.47. The second-order valence-corrected chi connectivity index (χ2v) is 5.47. The Balaban J connectivity index is 2.32. The summed E-state index contributed by atoms with van der Waals surface area (Å²) in [5.74, 6) is 0.550. The Morgan fingerprint density at radius 2 is 1.68 bits per heavy atom. The molecule has 1 aromatic heterocycles. The molecule has 1 nitrogen and oxygen atoms in total. The number of rotatable bonds is 1. The van der Waals surface area contributed by atoms with Gasteiger partial charge in [0.15, 0.2) is 0 Å². The molecule has 1 heteroatoms.